The molecule has 1 aromatic heterocycles. The summed E-state index contributed by atoms with van der Waals surface area (Å²) in [5, 5.41) is 12.2. The number of hydrogen-bond acceptors (Lipinski definition) is 2. The van der Waals surface area contributed by atoms with Crippen LogP contribution >= 0.6 is 0 Å². The van der Waals surface area contributed by atoms with Gasteiger partial charge in [0.2, 0.25) is 0 Å². The van der Waals surface area contributed by atoms with Gasteiger partial charge in [0, 0.05) is 29.7 Å². The minimum absolute atomic E-state index is 0.279. The van der Waals surface area contributed by atoms with Crippen LogP contribution in [0.1, 0.15) is 5.56 Å². The molecule has 0 aliphatic carbocycles. The lowest BCUT2D eigenvalue weighted by Gasteiger charge is -2.26. The van der Waals surface area contributed by atoms with Gasteiger partial charge in [-0.3, -0.25) is 0 Å². The van der Waals surface area contributed by atoms with E-state index in [1.807, 2.05) is 30.3 Å². The van der Waals surface area contributed by atoms with E-state index in [4.69, 9.17) is 0 Å². The Balaban J connectivity index is 1.74. The predicted molar refractivity (Wildman–Crippen MR) is 115 cm³/mol. The van der Waals surface area contributed by atoms with E-state index in [-0.39, 0.29) is 6.04 Å². The van der Waals surface area contributed by atoms with Gasteiger partial charge in [0.05, 0.1) is 17.1 Å². The van der Waals surface area contributed by atoms with Crippen molar-refractivity contribution in [1.82, 2.24) is 9.47 Å². The third-order valence-electron chi connectivity index (χ3n) is 5.44. The summed E-state index contributed by atoms with van der Waals surface area (Å²) in [5.41, 5.74) is 5.57. The molecular formula is C25H19N3. The molecule has 0 saturated heterocycles. The Kier molecular flexibility index (Phi) is 3.77. The van der Waals surface area contributed by atoms with Crippen LogP contribution in [0.4, 0.5) is 0 Å². The molecule has 1 unspecified atom stereocenters. The molecule has 2 heterocycles. The van der Waals surface area contributed by atoms with Crippen molar-refractivity contribution < 1.29 is 0 Å². The summed E-state index contributed by atoms with van der Waals surface area (Å²) in [4.78, 5) is 1.95. The number of hydrogen-bond donors (Lipinski definition) is 0. The molecule has 28 heavy (non-hydrogen) atoms. The fraction of sp³-hybridized carbons (Fsp3) is 0.0800. The van der Waals surface area contributed by atoms with Crippen molar-refractivity contribution in [2.45, 2.75) is 6.04 Å². The second-order valence-corrected chi connectivity index (χ2v) is 7.08. The van der Waals surface area contributed by atoms with Crippen LogP contribution in [0.15, 0.2) is 91.1 Å². The fourth-order valence-electron chi connectivity index (χ4n) is 4.12. The van der Waals surface area contributed by atoms with Crippen LogP contribution in [0.5, 0.6) is 0 Å². The average molecular weight is 361 g/mol. The van der Waals surface area contributed by atoms with Crippen molar-refractivity contribution in [2.75, 3.05) is 7.05 Å². The maximum absolute atomic E-state index is 9.66. The van der Waals surface area contributed by atoms with E-state index in [0.29, 0.717) is 0 Å². The number of aromatic nitrogens is 1. The highest BCUT2D eigenvalue weighted by molar-refractivity contribution is 6.09. The highest BCUT2D eigenvalue weighted by Crippen LogP contribution is 2.33. The Bertz CT molecular complexity index is 1250. The minimum atomic E-state index is -0.279. The zero-order valence-electron chi connectivity index (χ0n) is 15.6. The standard InChI is InChI=1S/C25H19N3/c1-27-15-7-12-20(25(27)17-26)18-8-6-9-19(16-18)28-23-13-4-2-10-21(23)22-11-3-5-14-24(22)28/h2-16,25H,1H3. The quantitative estimate of drug-likeness (QED) is 0.471. The van der Waals surface area contributed by atoms with Crippen LogP contribution in [0.25, 0.3) is 33.1 Å². The van der Waals surface area contributed by atoms with E-state index < -0.39 is 0 Å². The molecule has 3 heteroatoms. The largest absolute Gasteiger partial charge is 0.361 e. The number of nitriles is 1. The smallest absolute Gasteiger partial charge is 0.142 e. The van der Waals surface area contributed by atoms with E-state index in [1.54, 1.807) is 0 Å². The van der Waals surface area contributed by atoms with E-state index >= 15 is 0 Å². The van der Waals surface area contributed by atoms with Gasteiger partial charge in [0.25, 0.3) is 0 Å². The van der Waals surface area contributed by atoms with Gasteiger partial charge in [-0.2, -0.15) is 5.26 Å². The molecule has 1 aliphatic heterocycles. The lowest BCUT2D eigenvalue weighted by Crippen LogP contribution is -2.28. The van der Waals surface area contributed by atoms with Crippen molar-refractivity contribution in [3.63, 3.8) is 0 Å². The Morgan fingerprint density at radius 2 is 1.54 bits per heavy atom. The third-order valence-corrected chi connectivity index (χ3v) is 5.44. The number of rotatable bonds is 2. The Morgan fingerprint density at radius 3 is 2.21 bits per heavy atom. The molecule has 3 aromatic carbocycles. The van der Waals surface area contributed by atoms with Gasteiger partial charge >= 0.3 is 0 Å². The number of para-hydroxylation sites is 2. The first-order chi connectivity index (χ1) is 13.8. The van der Waals surface area contributed by atoms with Crippen molar-refractivity contribution in [1.29, 1.82) is 5.26 Å². The summed E-state index contributed by atoms with van der Waals surface area (Å²) < 4.78 is 2.30. The zero-order chi connectivity index (χ0) is 19.1. The molecule has 134 valence electrons. The van der Waals surface area contributed by atoms with Crippen molar-refractivity contribution in [3.05, 3.63) is 96.7 Å². The molecular weight excluding hydrogens is 342 g/mol. The SMILES string of the molecule is CN1C=CC=C(c2cccc(-n3c4ccccc4c4ccccc43)c2)C1C#N. The van der Waals surface area contributed by atoms with Crippen LogP contribution in [0, 0.1) is 11.3 Å². The minimum Gasteiger partial charge on any atom is -0.361 e. The van der Waals surface area contributed by atoms with Gasteiger partial charge in [0.1, 0.15) is 6.04 Å². The van der Waals surface area contributed by atoms with Crippen molar-refractivity contribution in [2.24, 2.45) is 0 Å². The topological polar surface area (TPSA) is 32.0 Å². The number of allylic oxidation sites excluding steroid dienone is 2. The van der Waals surface area contributed by atoms with Crippen molar-refractivity contribution >= 4 is 27.4 Å². The molecule has 5 rings (SSSR count). The van der Waals surface area contributed by atoms with Crippen LogP contribution < -0.4 is 0 Å². The summed E-state index contributed by atoms with van der Waals surface area (Å²) in [6, 6.07) is 27.6. The predicted octanol–water partition coefficient (Wildman–Crippen LogP) is 5.52. The summed E-state index contributed by atoms with van der Waals surface area (Å²) in [6.45, 7) is 0. The average Bonchev–Trinajstić information content (AvgIpc) is 3.08. The van der Waals surface area contributed by atoms with Gasteiger partial charge in [-0.05, 0) is 41.5 Å². The first-order valence-electron chi connectivity index (χ1n) is 9.37. The first-order valence-corrected chi connectivity index (χ1v) is 9.37. The summed E-state index contributed by atoms with van der Waals surface area (Å²) in [6.07, 6.45) is 5.98. The van der Waals surface area contributed by atoms with E-state index in [2.05, 4.69) is 83.4 Å². The van der Waals surface area contributed by atoms with E-state index in [9.17, 15) is 5.26 Å². The number of benzene rings is 3. The molecule has 0 N–H and O–H groups in total. The first kappa shape index (κ1) is 16.4. The van der Waals surface area contributed by atoms with Crippen LogP contribution in [0.2, 0.25) is 0 Å². The monoisotopic (exact) mass is 361 g/mol. The van der Waals surface area contributed by atoms with E-state index in [1.165, 1.54) is 21.8 Å². The Morgan fingerprint density at radius 1 is 0.857 bits per heavy atom. The molecule has 0 bridgehead atoms. The Hall–Kier alpha value is -3.77. The summed E-state index contributed by atoms with van der Waals surface area (Å²) >= 11 is 0. The highest BCUT2D eigenvalue weighted by atomic mass is 15.1. The Labute approximate surface area is 164 Å². The molecule has 0 fully saturated rings. The summed E-state index contributed by atoms with van der Waals surface area (Å²) in [5.74, 6) is 0. The van der Waals surface area contributed by atoms with Gasteiger partial charge in [0.15, 0.2) is 0 Å². The van der Waals surface area contributed by atoms with Gasteiger partial charge in [-0.1, -0.05) is 54.6 Å². The van der Waals surface area contributed by atoms with Gasteiger partial charge in [-0.25, -0.2) is 0 Å². The number of fused-ring (bicyclic) bond motifs is 3. The highest BCUT2D eigenvalue weighted by Gasteiger charge is 2.21. The second-order valence-electron chi connectivity index (χ2n) is 7.08. The molecule has 0 saturated carbocycles. The van der Waals surface area contributed by atoms with Crippen LogP contribution in [-0.4, -0.2) is 22.6 Å². The number of nitrogens with zero attached hydrogens (tertiary/aromatic N) is 3. The van der Waals surface area contributed by atoms with E-state index in [0.717, 1.165) is 16.8 Å². The maximum atomic E-state index is 9.66. The molecule has 1 aliphatic rings. The number of likely N-dealkylation sites (N-methyl/N-ethyl adjacent to an activating group) is 1. The molecule has 0 amide bonds. The van der Waals surface area contributed by atoms with Gasteiger partial charge < -0.3 is 9.47 Å². The normalized spacial score (nSPS) is 16.4. The lowest BCUT2D eigenvalue weighted by atomic mass is 9.96. The van der Waals surface area contributed by atoms with Gasteiger partial charge in [-0.15, -0.1) is 0 Å². The molecule has 1 atom stereocenters. The molecule has 0 radical (unpaired) electrons. The van der Waals surface area contributed by atoms with Crippen LogP contribution in [0.3, 0.4) is 0 Å². The molecule has 0 spiro atoms. The third kappa shape index (κ3) is 2.43. The molecule has 3 nitrogen and oxygen atoms in total. The lowest BCUT2D eigenvalue weighted by molar-refractivity contribution is 0.450. The van der Waals surface area contributed by atoms with Crippen molar-refractivity contribution in [3.8, 4) is 11.8 Å². The fourth-order valence-corrected chi connectivity index (χ4v) is 4.12. The van der Waals surface area contributed by atoms with Crippen LogP contribution in [-0.2, 0) is 0 Å². The zero-order valence-corrected chi connectivity index (χ0v) is 15.6. The summed E-state index contributed by atoms with van der Waals surface area (Å²) in [7, 11) is 1.94. The molecule has 4 aromatic rings. The second kappa shape index (κ2) is 6.44. The maximum Gasteiger partial charge on any atom is 0.142 e.